The molecule has 0 aliphatic heterocycles. The van der Waals surface area contributed by atoms with Gasteiger partial charge in [0.2, 0.25) is 5.75 Å². The zero-order chi connectivity index (χ0) is 22.2. The summed E-state index contributed by atoms with van der Waals surface area (Å²) in [5.41, 5.74) is 2.79. The summed E-state index contributed by atoms with van der Waals surface area (Å²) in [6.45, 7) is -0.0130. The number of aromatic nitrogens is 1. The number of carbonyl (C=O) groups is 1. The zero-order valence-corrected chi connectivity index (χ0v) is 17.6. The molecule has 0 spiro atoms. The second kappa shape index (κ2) is 10.3. The Labute approximate surface area is 180 Å². The van der Waals surface area contributed by atoms with Crippen molar-refractivity contribution in [3.05, 3.63) is 77.5 Å². The Morgan fingerprint density at radius 1 is 1.03 bits per heavy atom. The molecule has 2 aromatic carbocycles. The highest BCUT2D eigenvalue weighted by Crippen LogP contribution is 2.38. The van der Waals surface area contributed by atoms with Crippen molar-refractivity contribution in [1.82, 2.24) is 4.98 Å². The maximum absolute atomic E-state index is 12.8. The predicted molar refractivity (Wildman–Crippen MR) is 119 cm³/mol. The molecular formula is C24H24N2O5. The van der Waals surface area contributed by atoms with E-state index in [4.69, 9.17) is 14.2 Å². The second-order valence-electron chi connectivity index (χ2n) is 6.53. The van der Waals surface area contributed by atoms with Crippen LogP contribution in [0.3, 0.4) is 0 Å². The lowest BCUT2D eigenvalue weighted by Crippen LogP contribution is -2.01. The summed E-state index contributed by atoms with van der Waals surface area (Å²) < 4.78 is 15.9. The summed E-state index contributed by atoms with van der Waals surface area (Å²) in [4.78, 5) is 17.2. The Morgan fingerprint density at radius 3 is 2.29 bits per heavy atom. The summed E-state index contributed by atoms with van der Waals surface area (Å²) >= 11 is 0. The van der Waals surface area contributed by atoms with Gasteiger partial charge in [0.15, 0.2) is 17.3 Å². The first kappa shape index (κ1) is 21.9. The molecule has 7 nitrogen and oxygen atoms in total. The third-order valence-electron chi connectivity index (χ3n) is 4.60. The highest BCUT2D eigenvalue weighted by atomic mass is 16.5. The number of anilines is 2. The molecule has 1 heterocycles. The van der Waals surface area contributed by atoms with Crippen LogP contribution in [0.1, 0.15) is 21.5 Å². The quantitative estimate of drug-likeness (QED) is 0.395. The van der Waals surface area contributed by atoms with Gasteiger partial charge in [0, 0.05) is 23.0 Å². The summed E-state index contributed by atoms with van der Waals surface area (Å²) in [6, 6.07) is 14.2. The van der Waals surface area contributed by atoms with Crippen molar-refractivity contribution in [3.8, 4) is 17.2 Å². The molecule has 3 rings (SSSR count). The van der Waals surface area contributed by atoms with Crippen LogP contribution in [0.15, 0.2) is 60.8 Å². The molecular weight excluding hydrogens is 396 g/mol. The summed E-state index contributed by atoms with van der Waals surface area (Å²) in [6.07, 6.45) is 4.84. The third kappa shape index (κ3) is 5.21. The third-order valence-corrected chi connectivity index (χ3v) is 4.60. The fourth-order valence-electron chi connectivity index (χ4n) is 2.97. The van der Waals surface area contributed by atoms with E-state index in [0.29, 0.717) is 28.6 Å². The van der Waals surface area contributed by atoms with Gasteiger partial charge in [-0.15, -0.1) is 0 Å². The SMILES string of the molecule is COc1cc(C(=O)C=Cc2cccnc2Nc2ccc(CO)cc2)cc(OC)c1OC. The number of pyridine rings is 1. The van der Waals surface area contributed by atoms with Crippen LogP contribution in [0.2, 0.25) is 0 Å². The van der Waals surface area contributed by atoms with Crippen LogP contribution in [0.25, 0.3) is 6.08 Å². The lowest BCUT2D eigenvalue weighted by Gasteiger charge is -2.13. The average Bonchev–Trinajstić information content (AvgIpc) is 2.82. The van der Waals surface area contributed by atoms with Gasteiger partial charge in [0.25, 0.3) is 0 Å². The normalized spacial score (nSPS) is 10.7. The minimum atomic E-state index is -0.221. The molecule has 1 aromatic heterocycles. The van der Waals surface area contributed by atoms with E-state index in [1.165, 1.54) is 27.4 Å². The first-order chi connectivity index (χ1) is 15.1. The summed E-state index contributed by atoms with van der Waals surface area (Å²) in [5, 5.41) is 12.4. The van der Waals surface area contributed by atoms with Gasteiger partial charge in [-0.05, 0) is 54.1 Å². The van der Waals surface area contributed by atoms with E-state index < -0.39 is 0 Å². The molecule has 0 bridgehead atoms. The molecule has 0 amide bonds. The highest BCUT2D eigenvalue weighted by molar-refractivity contribution is 6.07. The van der Waals surface area contributed by atoms with Gasteiger partial charge in [-0.2, -0.15) is 0 Å². The van der Waals surface area contributed by atoms with E-state index in [1.807, 2.05) is 30.3 Å². The largest absolute Gasteiger partial charge is 0.493 e. The van der Waals surface area contributed by atoms with E-state index in [2.05, 4.69) is 10.3 Å². The predicted octanol–water partition coefficient (Wildman–Crippen LogP) is 4.24. The zero-order valence-electron chi connectivity index (χ0n) is 17.6. The Balaban J connectivity index is 1.84. The number of aliphatic hydroxyl groups is 1. The Bertz CT molecular complexity index is 1050. The Morgan fingerprint density at radius 2 is 1.71 bits per heavy atom. The van der Waals surface area contributed by atoms with Crippen LogP contribution in [0, 0.1) is 0 Å². The van der Waals surface area contributed by atoms with Crippen molar-refractivity contribution in [2.45, 2.75) is 6.61 Å². The number of allylic oxidation sites excluding steroid dienone is 1. The van der Waals surface area contributed by atoms with E-state index in [-0.39, 0.29) is 12.4 Å². The van der Waals surface area contributed by atoms with Crippen LogP contribution in [-0.4, -0.2) is 37.2 Å². The smallest absolute Gasteiger partial charge is 0.203 e. The fraction of sp³-hybridized carbons (Fsp3) is 0.167. The molecule has 0 aliphatic carbocycles. The first-order valence-electron chi connectivity index (χ1n) is 9.53. The monoisotopic (exact) mass is 420 g/mol. The van der Waals surface area contributed by atoms with Gasteiger partial charge >= 0.3 is 0 Å². The van der Waals surface area contributed by atoms with E-state index in [9.17, 15) is 9.90 Å². The lowest BCUT2D eigenvalue weighted by molar-refractivity contribution is 0.104. The number of hydrogen-bond acceptors (Lipinski definition) is 7. The van der Waals surface area contributed by atoms with Gasteiger partial charge in [-0.3, -0.25) is 4.79 Å². The Hall–Kier alpha value is -3.84. The molecule has 0 atom stereocenters. The number of benzene rings is 2. The maximum atomic E-state index is 12.8. The minimum Gasteiger partial charge on any atom is -0.493 e. The van der Waals surface area contributed by atoms with E-state index in [0.717, 1.165) is 16.8 Å². The molecule has 31 heavy (non-hydrogen) atoms. The average molecular weight is 420 g/mol. The maximum Gasteiger partial charge on any atom is 0.203 e. The molecule has 3 aromatic rings. The Kier molecular flexibility index (Phi) is 7.24. The van der Waals surface area contributed by atoms with Crippen molar-refractivity contribution in [1.29, 1.82) is 0 Å². The number of rotatable bonds is 9. The topological polar surface area (TPSA) is 89.9 Å². The molecule has 0 unspecified atom stereocenters. The summed E-state index contributed by atoms with van der Waals surface area (Å²) in [7, 11) is 4.51. The van der Waals surface area contributed by atoms with Crippen molar-refractivity contribution >= 4 is 23.4 Å². The number of carbonyl (C=O) groups excluding carboxylic acids is 1. The van der Waals surface area contributed by atoms with Crippen molar-refractivity contribution in [3.63, 3.8) is 0 Å². The van der Waals surface area contributed by atoms with Crippen LogP contribution in [-0.2, 0) is 6.61 Å². The number of aliphatic hydroxyl groups excluding tert-OH is 1. The molecule has 2 N–H and O–H groups in total. The standard InChI is InChI=1S/C24H24N2O5/c1-29-21-13-18(14-22(30-2)23(21)31-3)20(28)11-8-17-5-4-12-25-24(17)26-19-9-6-16(15-27)7-10-19/h4-14,27H,15H2,1-3H3,(H,25,26). The van der Waals surface area contributed by atoms with Gasteiger partial charge < -0.3 is 24.6 Å². The number of ketones is 1. The van der Waals surface area contributed by atoms with Crippen molar-refractivity contribution in [2.24, 2.45) is 0 Å². The highest BCUT2D eigenvalue weighted by Gasteiger charge is 2.16. The fourth-order valence-corrected chi connectivity index (χ4v) is 2.97. The molecule has 0 saturated carbocycles. The number of ether oxygens (including phenoxy) is 3. The van der Waals surface area contributed by atoms with Gasteiger partial charge in [0.1, 0.15) is 5.82 Å². The molecule has 0 aliphatic rings. The van der Waals surface area contributed by atoms with E-state index >= 15 is 0 Å². The first-order valence-corrected chi connectivity index (χ1v) is 9.53. The van der Waals surface area contributed by atoms with Gasteiger partial charge in [-0.1, -0.05) is 12.1 Å². The molecule has 0 radical (unpaired) electrons. The number of methoxy groups -OCH3 is 3. The van der Waals surface area contributed by atoms with Gasteiger partial charge in [-0.25, -0.2) is 4.98 Å². The molecule has 160 valence electrons. The lowest BCUT2D eigenvalue weighted by atomic mass is 10.1. The van der Waals surface area contributed by atoms with Crippen molar-refractivity contribution < 1.29 is 24.1 Å². The number of hydrogen-bond donors (Lipinski definition) is 2. The number of nitrogens with one attached hydrogen (secondary N) is 1. The van der Waals surface area contributed by atoms with Crippen LogP contribution < -0.4 is 19.5 Å². The minimum absolute atomic E-state index is 0.0130. The van der Waals surface area contributed by atoms with Crippen LogP contribution >= 0.6 is 0 Å². The summed E-state index contributed by atoms with van der Waals surface area (Å²) in [5.74, 6) is 1.63. The number of nitrogens with zero attached hydrogens (tertiary/aromatic N) is 1. The van der Waals surface area contributed by atoms with Crippen LogP contribution in [0.5, 0.6) is 17.2 Å². The molecule has 7 heteroatoms. The second-order valence-corrected chi connectivity index (χ2v) is 6.53. The van der Waals surface area contributed by atoms with Crippen molar-refractivity contribution in [2.75, 3.05) is 26.6 Å². The van der Waals surface area contributed by atoms with Crippen LogP contribution in [0.4, 0.5) is 11.5 Å². The van der Waals surface area contributed by atoms with Gasteiger partial charge in [0.05, 0.1) is 27.9 Å². The molecule has 0 saturated heterocycles. The molecule has 0 fully saturated rings. The van der Waals surface area contributed by atoms with E-state index in [1.54, 1.807) is 30.5 Å².